The molecule has 3 rings (SSSR count). The SMILES string of the molecule is O=C(NCc1ccco1)C1CCCN1C(=O)c1ccccc1I. The van der Waals surface area contributed by atoms with Gasteiger partial charge in [0.25, 0.3) is 5.91 Å². The van der Waals surface area contributed by atoms with Crippen molar-refractivity contribution in [2.24, 2.45) is 0 Å². The van der Waals surface area contributed by atoms with Gasteiger partial charge in [-0.3, -0.25) is 9.59 Å². The summed E-state index contributed by atoms with van der Waals surface area (Å²) >= 11 is 2.15. The van der Waals surface area contributed by atoms with Crippen LogP contribution in [0.3, 0.4) is 0 Å². The lowest BCUT2D eigenvalue weighted by molar-refractivity contribution is -0.125. The number of hydrogen-bond acceptors (Lipinski definition) is 3. The van der Waals surface area contributed by atoms with Gasteiger partial charge in [-0.1, -0.05) is 12.1 Å². The van der Waals surface area contributed by atoms with Gasteiger partial charge < -0.3 is 14.6 Å². The topological polar surface area (TPSA) is 62.6 Å². The van der Waals surface area contributed by atoms with Gasteiger partial charge in [-0.25, -0.2) is 0 Å². The van der Waals surface area contributed by atoms with Gasteiger partial charge in [0.1, 0.15) is 11.8 Å². The van der Waals surface area contributed by atoms with E-state index in [1.54, 1.807) is 23.3 Å². The van der Waals surface area contributed by atoms with Crippen molar-refractivity contribution in [1.82, 2.24) is 10.2 Å². The lowest BCUT2D eigenvalue weighted by atomic mass is 10.1. The standard InChI is InChI=1S/C17H17IN2O3/c18-14-7-2-1-6-13(14)17(22)20-9-3-8-15(20)16(21)19-11-12-5-4-10-23-12/h1-2,4-7,10,15H,3,8-9,11H2,(H,19,21). The zero-order chi connectivity index (χ0) is 16.2. The third-order valence-electron chi connectivity index (χ3n) is 3.94. The fourth-order valence-corrected chi connectivity index (χ4v) is 3.40. The van der Waals surface area contributed by atoms with Gasteiger partial charge in [-0.2, -0.15) is 0 Å². The number of nitrogens with zero attached hydrogens (tertiary/aromatic N) is 1. The molecule has 6 heteroatoms. The molecule has 1 N–H and O–H groups in total. The highest BCUT2D eigenvalue weighted by molar-refractivity contribution is 14.1. The zero-order valence-electron chi connectivity index (χ0n) is 12.5. The first kappa shape index (κ1) is 16.0. The van der Waals surface area contributed by atoms with Crippen LogP contribution >= 0.6 is 22.6 Å². The summed E-state index contributed by atoms with van der Waals surface area (Å²) in [7, 11) is 0. The number of nitrogens with one attached hydrogen (secondary N) is 1. The van der Waals surface area contributed by atoms with E-state index in [4.69, 9.17) is 4.42 Å². The molecule has 0 spiro atoms. The Bertz CT molecular complexity index is 700. The predicted molar refractivity (Wildman–Crippen MR) is 93.8 cm³/mol. The minimum Gasteiger partial charge on any atom is -0.467 e. The van der Waals surface area contributed by atoms with Crippen molar-refractivity contribution in [2.45, 2.75) is 25.4 Å². The molecule has 1 unspecified atom stereocenters. The minimum atomic E-state index is -0.409. The number of benzene rings is 1. The number of halogens is 1. The second kappa shape index (κ2) is 7.16. The van der Waals surface area contributed by atoms with E-state index >= 15 is 0 Å². The van der Waals surface area contributed by atoms with E-state index in [-0.39, 0.29) is 11.8 Å². The van der Waals surface area contributed by atoms with Crippen LogP contribution in [0.5, 0.6) is 0 Å². The maximum atomic E-state index is 12.7. The van der Waals surface area contributed by atoms with Crippen LogP contribution in [0.25, 0.3) is 0 Å². The predicted octanol–water partition coefficient (Wildman–Crippen LogP) is 2.81. The highest BCUT2D eigenvalue weighted by Gasteiger charge is 2.34. The van der Waals surface area contributed by atoms with Crippen molar-refractivity contribution in [3.8, 4) is 0 Å². The van der Waals surface area contributed by atoms with Gasteiger partial charge in [0.2, 0.25) is 5.91 Å². The van der Waals surface area contributed by atoms with E-state index < -0.39 is 6.04 Å². The molecule has 0 saturated carbocycles. The first-order chi connectivity index (χ1) is 11.2. The van der Waals surface area contributed by atoms with E-state index in [2.05, 4.69) is 27.9 Å². The molecule has 1 aromatic heterocycles. The smallest absolute Gasteiger partial charge is 0.255 e. The molecule has 1 fully saturated rings. The maximum Gasteiger partial charge on any atom is 0.255 e. The van der Waals surface area contributed by atoms with Gasteiger partial charge >= 0.3 is 0 Å². The molecule has 120 valence electrons. The molecular weight excluding hydrogens is 407 g/mol. The van der Waals surface area contributed by atoms with Crippen LogP contribution in [-0.4, -0.2) is 29.3 Å². The first-order valence-corrected chi connectivity index (χ1v) is 8.60. The molecule has 1 aliphatic heterocycles. The number of likely N-dealkylation sites (tertiary alicyclic amines) is 1. The summed E-state index contributed by atoms with van der Waals surface area (Å²) in [5.41, 5.74) is 0.652. The summed E-state index contributed by atoms with van der Waals surface area (Å²) in [4.78, 5) is 26.8. The lowest BCUT2D eigenvalue weighted by Gasteiger charge is -2.24. The number of furan rings is 1. The molecule has 0 bridgehead atoms. The molecule has 2 aromatic rings. The van der Waals surface area contributed by atoms with Crippen LogP contribution in [0.4, 0.5) is 0 Å². The van der Waals surface area contributed by atoms with E-state index in [0.717, 1.165) is 9.99 Å². The van der Waals surface area contributed by atoms with Gasteiger partial charge in [-0.15, -0.1) is 0 Å². The Morgan fingerprint density at radius 2 is 2.09 bits per heavy atom. The summed E-state index contributed by atoms with van der Waals surface area (Å²) in [5.74, 6) is 0.496. The Balaban J connectivity index is 1.68. The largest absolute Gasteiger partial charge is 0.467 e. The maximum absolute atomic E-state index is 12.7. The van der Waals surface area contributed by atoms with Gasteiger partial charge in [0, 0.05) is 10.1 Å². The van der Waals surface area contributed by atoms with Crippen LogP contribution in [-0.2, 0) is 11.3 Å². The van der Waals surface area contributed by atoms with E-state index in [9.17, 15) is 9.59 Å². The third-order valence-corrected chi connectivity index (χ3v) is 4.88. The summed E-state index contributed by atoms with van der Waals surface area (Å²) < 4.78 is 6.11. The van der Waals surface area contributed by atoms with Gasteiger partial charge in [-0.05, 0) is 59.7 Å². The first-order valence-electron chi connectivity index (χ1n) is 7.52. The molecule has 2 heterocycles. The molecule has 2 amide bonds. The third kappa shape index (κ3) is 3.57. The zero-order valence-corrected chi connectivity index (χ0v) is 14.7. The van der Waals surface area contributed by atoms with E-state index in [0.29, 0.717) is 30.8 Å². The number of carbonyl (C=O) groups is 2. The second-order valence-corrected chi connectivity index (χ2v) is 6.60. The van der Waals surface area contributed by atoms with Gasteiger partial charge in [0.05, 0.1) is 18.4 Å². The minimum absolute atomic E-state index is 0.0781. The Morgan fingerprint density at radius 3 is 2.83 bits per heavy atom. The Hall–Kier alpha value is -1.83. The summed E-state index contributed by atoms with van der Waals surface area (Å²) in [6.45, 7) is 0.954. The average molecular weight is 424 g/mol. The van der Waals surface area contributed by atoms with Crippen LogP contribution in [0.15, 0.2) is 47.1 Å². The number of amides is 2. The van der Waals surface area contributed by atoms with Crippen LogP contribution < -0.4 is 5.32 Å². The second-order valence-electron chi connectivity index (χ2n) is 5.43. The highest BCUT2D eigenvalue weighted by atomic mass is 127. The quantitative estimate of drug-likeness (QED) is 0.769. The normalized spacial score (nSPS) is 17.3. The van der Waals surface area contributed by atoms with Gasteiger partial charge in [0.15, 0.2) is 0 Å². The molecule has 1 aliphatic rings. The van der Waals surface area contributed by atoms with Crippen molar-refractivity contribution in [2.75, 3.05) is 6.54 Å². The summed E-state index contributed by atoms with van der Waals surface area (Å²) in [6.07, 6.45) is 3.11. The van der Waals surface area contributed by atoms with Crippen molar-refractivity contribution in [3.63, 3.8) is 0 Å². The summed E-state index contributed by atoms with van der Waals surface area (Å²) in [6, 6.07) is 10.6. The molecule has 1 saturated heterocycles. The molecule has 1 aromatic carbocycles. The molecule has 5 nitrogen and oxygen atoms in total. The Morgan fingerprint density at radius 1 is 1.26 bits per heavy atom. The Kier molecular flexibility index (Phi) is 5.00. The number of carbonyl (C=O) groups excluding carboxylic acids is 2. The fraction of sp³-hybridized carbons (Fsp3) is 0.294. The van der Waals surface area contributed by atoms with Crippen molar-refractivity contribution in [3.05, 3.63) is 57.6 Å². The van der Waals surface area contributed by atoms with E-state index in [1.165, 1.54) is 0 Å². The van der Waals surface area contributed by atoms with E-state index in [1.807, 2.05) is 24.3 Å². The number of rotatable bonds is 4. The van der Waals surface area contributed by atoms with Crippen LogP contribution in [0, 0.1) is 3.57 Å². The lowest BCUT2D eigenvalue weighted by Crippen LogP contribution is -2.45. The van der Waals surface area contributed by atoms with Crippen molar-refractivity contribution < 1.29 is 14.0 Å². The summed E-state index contributed by atoms with van der Waals surface area (Å²) in [5, 5.41) is 2.85. The monoisotopic (exact) mass is 424 g/mol. The molecule has 0 aliphatic carbocycles. The molecule has 1 atom stereocenters. The highest BCUT2D eigenvalue weighted by Crippen LogP contribution is 2.22. The van der Waals surface area contributed by atoms with Crippen LogP contribution in [0.2, 0.25) is 0 Å². The number of hydrogen-bond donors (Lipinski definition) is 1. The Labute approximate surface area is 148 Å². The van der Waals surface area contributed by atoms with Crippen molar-refractivity contribution in [1.29, 1.82) is 0 Å². The molecular formula is C17H17IN2O3. The fourth-order valence-electron chi connectivity index (χ4n) is 2.78. The van der Waals surface area contributed by atoms with Crippen LogP contribution in [0.1, 0.15) is 29.0 Å². The molecule has 0 radical (unpaired) electrons. The molecule has 23 heavy (non-hydrogen) atoms. The van der Waals surface area contributed by atoms with Crippen molar-refractivity contribution >= 4 is 34.4 Å². The average Bonchev–Trinajstić information content (AvgIpc) is 3.24.